The average molecular weight is 421 g/mol. The molecule has 0 unspecified atom stereocenters. The topological polar surface area (TPSA) is 91.9 Å². The zero-order valence-electron chi connectivity index (χ0n) is 19.0. The number of rotatable bonds is 8. The Morgan fingerprint density at radius 3 is 2.37 bits per heavy atom. The van der Waals surface area contributed by atoms with Crippen LogP contribution < -0.4 is 25.4 Å². The van der Waals surface area contributed by atoms with E-state index in [-0.39, 0.29) is 30.2 Å². The molecule has 8 heteroatoms. The molecule has 1 aromatic rings. The van der Waals surface area contributed by atoms with Crippen LogP contribution in [0.2, 0.25) is 0 Å². The van der Waals surface area contributed by atoms with Crippen molar-refractivity contribution < 1.29 is 19.1 Å². The van der Waals surface area contributed by atoms with Crippen molar-refractivity contribution >= 4 is 12.1 Å². The van der Waals surface area contributed by atoms with E-state index < -0.39 is 0 Å². The van der Waals surface area contributed by atoms with Crippen molar-refractivity contribution in [1.29, 1.82) is 0 Å². The Labute approximate surface area is 179 Å². The fraction of sp³-hybridized carbons (Fsp3) is 0.636. The molecule has 0 radical (unpaired) electrons. The Morgan fingerprint density at radius 1 is 1.13 bits per heavy atom. The molecular formula is C22H36N4O4. The molecule has 1 aliphatic rings. The molecule has 2 atom stereocenters. The second-order valence-corrected chi connectivity index (χ2v) is 7.81. The van der Waals surface area contributed by atoms with Crippen molar-refractivity contribution in [2.75, 3.05) is 27.3 Å². The SMILES string of the molecule is CCCNC(=O)N1CCc2cc(OC)c(OC)cc2[C@H]1[C@@H](CC)NC(=O)NC(C)C. The zero-order valence-corrected chi connectivity index (χ0v) is 19.0. The predicted octanol–water partition coefficient (Wildman–Crippen LogP) is 3.21. The molecule has 0 spiro atoms. The summed E-state index contributed by atoms with van der Waals surface area (Å²) in [6.07, 6.45) is 2.24. The summed E-state index contributed by atoms with van der Waals surface area (Å²) < 4.78 is 11.0. The van der Waals surface area contributed by atoms with Gasteiger partial charge in [-0.2, -0.15) is 0 Å². The number of hydrogen-bond donors (Lipinski definition) is 3. The van der Waals surface area contributed by atoms with Gasteiger partial charge in [-0.1, -0.05) is 13.8 Å². The lowest BCUT2D eigenvalue weighted by molar-refractivity contribution is 0.147. The normalized spacial score (nSPS) is 16.5. The number of hydrogen-bond acceptors (Lipinski definition) is 4. The smallest absolute Gasteiger partial charge is 0.317 e. The second-order valence-electron chi connectivity index (χ2n) is 7.81. The van der Waals surface area contributed by atoms with Gasteiger partial charge in [-0.15, -0.1) is 0 Å². The van der Waals surface area contributed by atoms with Crippen molar-refractivity contribution in [3.05, 3.63) is 23.3 Å². The van der Waals surface area contributed by atoms with Gasteiger partial charge in [0.05, 0.1) is 26.3 Å². The van der Waals surface area contributed by atoms with Gasteiger partial charge in [-0.05, 0) is 56.4 Å². The van der Waals surface area contributed by atoms with Crippen molar-refractivity contribution in [3.63, 3.8) is 0 Å². The number of urea groups is 2. The van der Waals surface area contributed by atoms with E-state index in [0.29, 0.717) is 37.4 Å². The molecule has 0 fully saturated rings. The van der Waals surface area contributed by atoms with Crippen LogP contribution in [-0.4, -0.2) is 56.4 Å². The summed E-state index contributed by atoms with van der Waals surface area (Å²) in [5, 5.41) is 8.93. The molecule has 1 heterocycles. The largest absolute Gasteiger partial charge is 0.493 e. The first kappa shape index (κ1) is 23.6. The summed E-state index contributed by atoms with van der Waals surface area (Å²) in [5.74, 6) is 1.27. The third-order valence-corrected chi connectivity index (χ3v) is 5.27. The van der Waals surface area contributed by atoms with Crippen LogP contribution in [0.15, 0.2) is 12.1 Å². The number of ether oxygens (including phenoxy) is 2. The van der Waals surface area contributed by atoms with Gasteiger partial charge in [-0.3, -0.25) is 0 Å². The Morgan fingerprint density at radius 2 is 1.80 bits per heavy atom. The maximum Gasteiger partial charge on any atom is 0.317 e. The minimum atomic E-state index is -0.312. The van der Waals surface area contributed by atoms with Crippen LogP contribution in [0.25, 0.3) is 0 Å². The van der Waals surface area contributed by atoms with Crippen LogP contribution in [0, 0.1) is 0 Å². The maximum absolute atomic E-state index is 13.0. The van der Waals surface area contributed by atoms with Crippen LogP contribution in [-0.2, 0) is 6.42 Å². The highest BCUT2D eigenvalue weighted by Gasteiger charge is 2.37. The summed E-state index contributed by atoms with van der Waals surface area (Å²) in [7, 11) is 3.21. The van der Waals surface area contributed by atoms with Gasteiger partial charge in [0.15, 0.2) is 11.5 Å². The van der Waals surface area contributed by atoms with E-state index in [2.05, 4.69) is 16.0 Å². The van der Waals surface area contributed by atoms with Crippen LogP contribution in [0.1, 0.15) is 57.7 Å². The molecule has 1 aromatic carbocycles. The quantitative estimate of drug-likeness (QED) is 0.602. The van der Waals surface area contributed by atoms with Crippen molar-refractivity contribution in [3.8, 4) is 11.5 Å². The highest BCUT2D eigenvalue weighted by Crippen LogP contribution is 2.40. The minimum absolute atomic E-state index is 0.0226. The Kier molecular flexibility index (Phi) is 8.62. The third-order valence-electron chi connectivity index (χ3n) is 5.27. The first-order valence-electron chi connectivity index (χ1n) is 10.7. The Hall–Kier alpha value is -2.64. The van der Waals surface area contributed by atoms with Gasteiger partial charge in [0, 0.05) is 19.1 Å². The Bertz CT molecular complexity index is 738. The molecule has 0 aliphatic carbocycles. The van der Waals surface area contributed by atoms with Crippen LogP contribution in [0.4, 0.5) is 9.59 Å². The molecule has 0 saturated carbocycles. The number of carbonyl (C=O) groups is 2. The van der Waals surface area contributed by atoms with E-state index in [4.69, 9.17) is 9.47 Å². The van der Waals surface area contributed by atoms with Crippen molar-refractivity contribution in [1.82, 2.24) is 20.9 Å². The number of fused-ring (bicyclic) bond motifs is 1. The van der Waals surface area contributed by atoms with E-state index in [1.165, 1.54) is 0 Å². The molecule has 0 saturated heterocycles. The van der Waals surface area contributed by atoms with Crippen LogP contribution in [0.5, 0.6) is 11.5 Å². The first-order chi connectivity index (χ1) is 14.4. The van der Waals surface area contributed by atoms with E-state index in [1.807, 2.05) is 44.7 Å². The third kappa shape index (κ3) is 5.49. The summed E-state index contributed by atoms with van der Waals surface area (Å²) in [5.41, 5.74) is 2.07. The number of amides is 4. The number of benzene rings is 1. The minimum Gasteiger partial charge on any atom is -0.493 e. The van der Waals surface area contributed by atoms with Crippen molar-refractivity contribution in [2.24, 2.45) is 0 Å². The molecule has 168 valence electrons. The Balaban J connectivity index is 2.46. The number of methoxy groups -OCH3 is 2. The monoisotopic (exact) mass is 420 g/mol. The molecule has 3 N–H and O–H groups in total. The summed E-state index contributed by atoms with van der Waals surface area (Å²) in [4.78, 5) is 27.3. The molecular weight excluding hydrogens is 384 g/mol. The first-order valence-corrected chi connectivity index (χ1v) is 10.7. The lowest BCUT2D eigenvalue weighted by Crippen LogP contribution is -2.55. The molecule has 0 bridgehead atoms. The molecule has 4 amide bonds. The average Bonchev–Trinajstić information content (AvgIpc) is 2.73. The van der Waals surface area contributed by atoms with Gasteiger partial charge in [-0.25, -0.2) is 9.59 Å². The van der Waals surface area contributed by atoms with Gasteiger partial charge in [0.1, 0.15) is 0 Å². The molecule has 1 aliphatic heterocycles. The molecule has 2 rings (SSSR count). The van der Waals surface area contributed by atoms with Gasteiger partial charge in [0.25, 0.3) is 0 Å². The van der Waals surface area contributed by atoms with Crippen LogP contribution >= 0.6 is 0 Å². The molecule has 0 aromatic heterocycles. The van der Waals surface area contributed by atoms with E-state index in [9.17, 15) is 9.59 Å². The fourth-order valence-electron chi connectivity index (χ4n) is 3.85. The van der Waals surface area contributed by atoms with Crippen molar-refractivity contribution in [2.45, 2.75) is 65.1 Å². The molecule has 8 nitrogen and oxygen atoms in total. The maximum atomic E-state index is 13.0. The molecule has 30 heavy (non-hydrogen) atoms. The highest BCUT2D eigenvalue weighted by molar-refractivity contribution is 5.77. The fourth-order valence-corrected chi connectivity index (χ4v) is 3.85. The number of nitrogens with one attached hydrogen (secondary N) is 3. The van der Waals surface area contributed by atoms with E-state index in [1.54, 1.807) is 14.2 Å². The standard InChI is InChI=1S/C22H36N4O4/c1-7-10-23-22(28)26-11-9-15-12-18(29-5)19(30-6)13-16(15)20(26)17(8-2)25-21(27)24-14(3)4/h12-14,17,20H,7-11H2,1-6H3,(H,23,28)(H2,24,25,27)/t17-,20+/m1/s1. The van der Waals surface area contributed by atoms with Gasteiger partial charge < -0.3 is 30.3 Å². The highest BCUT2D eigenvalue weighted by atomic mass is 16.5. The predicted molar refractivity (Wildman–Crippen MR) is 117 cm³/mol. The zero-order chi connectivity index (χ0) is 22.3. The summed E-state index contributed by atoms with van der Waals surface area (Å²) in [6, 6.07) is 3.01. The summed E-state index contributed by atoms with van der Waals surface area (Å²) >= 11 is 0. The lowest BCUT2D eigenvalue weighted by Gasteiger charge is -2.42. The second kappa shape index (κ2) is 10.9. The van der Waals surface area contributed by atoms with E-state index >= 15 is 0 Å². The van der Waals surface area contributed by atoms with Gasteiger partial charge in [0.2, 0.25) is 0 Å². The van der Waals surface area contributed by atoms with Crippen LogP contribution in [0.3, 0.4) is 0 Å². The van der Waals surface area contributed by atoms with Gasteiger partial charge >= 0.3 is 12.1 Å². The summed E-state index contributed by atoms with van der Waals surface area (Å²) in [6.45, 7) is 9.03. The number of nitrogens with zero attached hydrogens (tertiary/aromatic N) is 1. The lowest BCUT2D eigenvalue weighted by atomic mass is 9.86. The number of carbonyl (C=O) groups excluding carboxylic acids is 2. The van der Waals surface area contributed by atoms with E-state index in [0.717, 1.165) is 17.5 Å².